The topological polar surface area (TPSA) is 46.0 Å². The van der Waals surface area contributed by atoms with Crippen molar-refractivity contribution in [1.82, 2.24) is 19.1 Å². The number of para-hydroxylation sites is 3. The van der Waals surface area contributed by atoms with Gasteiger partial charge in [0.15, 0.2) is 6.98 Å². The summed E-state index contributed by atoms with van der Waals surface area (Å²) >= 11 is 0. The first-order valence-electron chi connectivity index (χ1n) is 18.0. The first-order valence-corrected chi connectivity index (χ1v) is 14.5. The normalized spacial score (nSPS) is 15.8. The largest absolute Gasteiger partial charge is 0.496 e. The van der Waals surface area contributed by atoms with Crippen molar-refractivity contribution in [2.75, 3.05) is 6.98 Å². The van der Waals surface area contributed by atoms with Gasteiger partial charge in [0.05, 0.1) is 22.6 Å². The Kier molecular flexibility index (Phi) is 4.72. The molecule has 6 heteroatoms. The summed E-state index contributed by atoms with van der Waals surface area (Å²) in [5, 5.41) is 1.95. The van der Waals surface area contributed by atoms with Gasteiger partial charge < -0.3 is 4.74 Å². The average molecular weight is 587 g/mol. The molecule has 1 aliphatic heterocycles. The summed E-state index contributed by atoms with van der Waals surface area (Å²) in [5.74, 6) is 1.48. The maximum atomic E-state index is 8.73. The fourth-order valence-electron chi connectivity index (χ4n) is 5.49. The highest BCUT2D eigenvalue weighted by atomic mass is 16.5. The highest BCUT2D eigenvalue weighted by Gasteiger charge is 2.33. The molecule has 0 radical (unpaired) electrons. The molecule has 3 aromatic heterocycles. The summed E-state index contributed by atoms with van der Waals surface area (Å²) in [5.41, 5.74) is 3.58. The first kappa shape index (κ1) is 20.8. The minimum Gasteiger partial charge on any atom is -0.439 e. The fraction of sp³-hybridized carbons (Fsp3) is 0.237. The highest BCUT2D eigenvalue weighted by Crippen LogP contribution is 2.39. The van der Waals surface area contributed by atoms with Gasteiger partial charge >= 0.3 is 6.01 Å². The monoisotopic (exact) mass is 586 g/mol. The lowest BCUT2D eigenvalue weighted by Crippen LogP contribution is -2.12. The van der Waals surface area contributed by atoms with Gasteiger partial charge in [-0.05, 0) is 50.8 Å². The van der Waals surface area contributed by atoms with Gasteiger partial charge in [0.25, 0.3) is 11.4 Å². The van der Waals surface area contributed by atoms with Crippen LogP contribution in [0.2, 0.25) is 0 Å². The number of hydrogen-bond donors (Lipinski definition) is 0. The van der Waals surface area contributed by atoms with E-state index in [-0.39, 0.29) is 28.2 Å². The average Bonchev–Trinajstić information content (AvgIpc) is 3.63. The minimum atomic E-state index is -2.76. The van der Waals surface area contributed by atoms with Crippen molar-refractivity contribution >= 4 is 44.9 Å². The van der Waals surface area contributed by atoms with Gasteiger partial charge in [-0.25, -0.2) is 9.97 Å². The molecule has 218 valence electrons. The van der Waals surface area contributed by atoms with E-state index in [9.17, 15) is 0 Å². The van der Waals surface area contributed by atoms with E-state index in [0.717, 1.165) is 43.3 Å². The summed E-state index contributed by atoms with van der Waals surface area (Å²) in [7, 11) is 0. The summed E-state index contributed by atoms with van der Waals surface area (Å²) < 4.78 is 69.0. The number of fused-ring (bicyclic) bond motifs is 4. The van der Waals surface area contributed by atoms with Crippen molar-refractivity contribution in [3.63, 3.8) is 0 Å². The van der Waals surface area contributed by atoms with E-state index in [0.29, 0.717) is 17.3 Å². The molecule has 0 aliphatic carbocycles. The summed E-state index contributed by atoms with van der Waals surface area (Å²) in [6.45, 7) is 9.83. The molecule has 0 N–H and O–H groups in total. The van der Waals surface area contributed by atoms with Crippen LogP contribution < -0.4 is 9.31 Å². The molecule has 1 aliphatic rings. The number of pyridine rings is 2. The van der Waals surface area contributed by atoms with Crippen LogP contribution >= 0.6 is 0 Å². The second kappa shape index (κ2) is 10.0. The Bertz CT molecular complexity index is 2500. The van der Waals surface area contributed by atoms with E-state index < -0.39 is 25.1 Å². The Balaban J connectivity index is 1.41. The SMILES string of the molecule is [2H]c1c([2H])c([2H])c2c(c1[2H])[N+](c1cc(Oc3cc4c(cn3)c3ccccc3n4-c3cc(C(C)(C)C)ccn3)cc(C(C)(C)C)c1)=C=[N+]2C([2H])([2H])[2H]. The van der Waals surface area contributed by atoms with E-state index in [2.05, 4.69) is 49.5 Å². The molecule has 3 aromatic carbocycles. The number of aromatic nitrogens is 3. The van der Waals surface area contributed by atoms with Crippen molar-refractivity contribution in [2.24, 2.45) is 0 Å². The smallest absolute Gasteiger partial charge is 0.439 e. The first-order chi connectivity index (χ1) is 23.8. The third-order valence-electron chi connectivity index (χ3n) is 7.91. The Morgan fingerprint density at radius 1 is 0.818 bits per heavy atom. The summed E-state index contributed by atoms with van der Waals surface area (Å²) in [4.78, 5) is 9.46. The van der Waals surface area contributed by atoms with Crippen LogP contribution in [0.25, 0.3) is 27.6 Å². The lowest BCUT2D eigenvalue weighted by atomic mass is 9.86. The molecule has 7 rings (SSSR count). The second-order valence-corrected chi connectivity index (χ2v) is 13.1. The number of ether oxygens (including phenoxy) is 1. The number of hydrogen-bond acceptors (Lipinski definition) is 3. The van der Waals surface area contributed by atoms with Gasteiger partial charge in [0, 0.05) is 47.4 Å². The van der Waals surface area contributed by atoms with Crippen molar-refractivity contribution in [2.45, 2.75) is 52.4 Å². The van der Waals surface area contributed by atoms with Crippen molar-refractivity contribution in [1.29, 1.82) is 0 Å². The Hall–Kier alpha value is -5.06. The van der Waals surface area contributed by atoms with Crippen LogP contribution in [-0.4, -0.2) is 32.1 Å². The van der Waals surface area contributed by atoms with Crippen LogP contribution in [-0.2, 0) is 10.8 Å². The van der Waals surface area contributed by atoms with Crippen molar-refractivity contribution in [3.05, 3.63) is 108 Å². The van der Waals surface area contributed by atoms with Gasteiger partial charge in [0.1, 0.15) is 15.7 Å². The van der Waals surface area contributed by atoms with Crippen LogP contribution in [0.3, 0.4) is 0 Å². The predicted molar refractivity (Wildman–Crippen MR) is 179 cm³/mol. The van der Waals surface area contributed by atoms with Crippen LogP contribution in [0, 0.1) is 0 Å². The van der Waals surface area contributed by atoms with Gasteiger partial charge in [-0.15, -0.1) is 0 Å². The molecule has 44 heavy (non-hydrogen) atoms. The van der Waals surface area contributed by atoms with Gasteiger partial charge in [-0.1, -0.05) is 76.4 Å². The molecule has 0 bridgehead atoms. The second-order valence-electron chi connectivity index (χ2n) is 13.1. The highest BCUT2D eigenvalue weighted by molar-refractivity contribution is 6.09. The van der Waals surface area contributed by atoms with E-state index in [4.69, 9.17) is 24.3 Å². The van der Waals surface area contributed by atoms with Crippen molar-refractivity contribution < 1.29 is 18.9 Å². The Morgan fingerprint density at radius 3 is 2.36 bits per heavy atom. The molecular weight excluding hydrogens is 542 g/mol. The maximum absolute atomic E-state index is 8.73. The molecule has 0 saturated heterocycles. The number of nitrogens with zero attached hydrogens (tertiary/aromatic N) is 5. The predicted octanol–water partition coefficient (Wildman–Crippen LogP) is 9.26. The quantitative estimate of drug-likeness (QED) is 0.193. The summed E-state index contributed by atoms with van der Waals surface area (Å²) in [6, 6.07) is 20.5. The lowest BCUT2D eigenvalue weighted by molar-refractivity contribution is -0.394. The van der Waals surface area contributed by atoms with Crippen LogP contribution in [0.5, 0.6) is 11.6 Å². The molecule has 0 saturated carbocycles. The Morgan fingerprint density at radius 2 is 1.59 bits per heavy atom. The number of benzene rings is 3. The molecule has 4 heterocycles. The molecular formula is C38H37N5O+2. The third kappa shape index (κ3) is 4.78. The molecule has 0 unspecified atom stereocenters. The number of rotatable bonds is 4. The van der Waals surface area contributed by atoms with E-state index >= 15 is 0 Å². The standard InChI is InChI=1S/C38H37N5O/c1-37(2,3)25-16-17-39-35(20-25)43-31-13-9-8-12-29(31)30-23-40-36(22-34(30)43)44-28-19-26(38(4,5)6)18-27(21-28)42-24-41(7)32-14-10-11-15-33(32)42/h8-23H,1-7H3/q+2/i7D3,10D,11D,14D,15D. The molecule has 6 nitrogen and oxygen atoms in total. The lowest BCUT2D eigenvalue weighted by Gasteiger charge is -2.20. The van der Waals surface area contributed by atoms with E-state index in [1.807, 2.05) is 63.4 Å². The molecule has 0 amide bonds. The summed E-state index contributed by atoms with van der Waals surface area (Å²) in [6.07, 6.45) is 3.61. The van der Waals surface area contributed by atoms with Crippen LogP contribution in [0.15, 0.2) is 97.2 Å². The molecule has 0 fully saturated rings. The molecule has 0 atom stereocenters. The van der Waals surface area contributed by atoms with Crippen LogP contribution in [0.4, 0.5) is 17.1 Å². The van der Waals surface area contributed by atoms with Gasteiger partial charge in [-0.2, -0.15) is 0 Å². The molecule has 0 spiro atoms. The Labute approximate surface area is 268 Å². The third-order valence-corrected chi connectivity index (χ3v) is 7.91. The van der Waals surface area contributed by atoms with Crippen molar-refractivity contribution in [3.8, 4) is 17.4 Å². The molecule has 6 aromatic rings. The zero-order valence-electron chi connectivity index (χ0n) is 32.6. The van der Waals surface area contributed by atoms with E-state index in [1.54, 1.807) is 12.3 Å². The zero-order valence-corrected chi connectivity index (χ0v) is 25.6. The van der Waals surface area contributed by atoms with Crippen LogP contribution in [0.1, 0.15) is 62.3 Å². The zero-order chi connectivity index (χ0) is 36.8. The van der Waals surface area contributed by atoms with Gasteiger partial charge in [0.2, 0.25) is 11.6 Å². The van der Waals surface area contributed by atoms with Gasteiger partial charge in [-0.3, -0.25) is 4.57 Å². The van der Waals surface area contributed by atoms with E-state index in [1.165, 1.54) is 4.58 Å². The minimum absolute atomic E-state index is 0.0109. The fourth-order valence-corrected chi connectivity index (χ4v) is 5.49. The maximum Gasteiger partial charge on any atom is 0.496 e.